The number of ether oxygens (including phenoxy) is 1. The Labute approximate surface area is 290 Å². The highest BCUT2D eigenvalue weighted by atomic mass is 35.5. The second-order valence-electron chi connectivity index (χ2n) is 11.3. The van der Waals surface area contributed by atoms with Crippen LogP contribution in [0.25, 0.3) is 0 Å². The Kier molecular flexibility index (Phi) is 15.1. The van der Waals surface area contributed by atoms with Crippen LogP contribution in [0, 0.1) is 20.2 Å². The topological polar surface area (TPSA) is 151 Å². The van der Waals surface area contributed by atoms with Crippen LogP contribution in [0.3, 0.4) is 0 Å². The Balaban J connectivity index is 0.000000221. The maximum absolute atomic E-state index is 11.6. The van der Waals surface area contributed by atoms with Crippen molar-refractivity contribution in [3.63, 3.8) is 0 Å². The molecule has 3 fully saturated rings. The van der Waals surface area contributed by atoms with Gasteiger partial charge in [-0.25, -0.2) is 0 Å². The summed E-state index contributed by atoms with van der Waals surface area (Å²) in [5.41, 5.74) is 2.41. The molecule has 2 bridgehead atoms. The molecule has 15 heteroatoms. The molecule has 48 heavy (non-hydrogen) atoms. The van der Waals surface area contributed by atoms with Gasteiger partial charge in [-0.3, -0.25) is 20.2 Å². The first-order valence-electron chi connectivity index (χ1n) is 15.5. The van der Waals surface area contributed by atoms with Gasteiger partial charge in [0.2, 0.25) is 0 Å². The zero-order valence-electron chi connectivity index (χ0n) is 25.8. The molecule has 2 atom stereocenters. The standard InChI is InChI=1S/C16H18ClN3O3.C11H12ClN3O2.C5H8O2.CH4/c17-12-6-4-11(5-7-12)10-18-8-9-19-14-3-1-2-13(23-14)15(16(18)19)20(21)22;12-10-3-1-9(2-4-10)7-14-6-5-13-11(14)8-15(16)17;6-4-2-1-3-5-7;/h4-7,13-14H,1-3,8-10H2;1-4,8,13H,5-7H2;4-5H,1-3H2;1H4/b;11-8+;;/t13-,14+;;;/m0.../s1. The molecule has 13 nitrogen and oxygen atoms in total. The maximum Gasteiger partial charge on any atom is 0.314 e. The minimum atomic E-state index is -0.442. The number of carbonyl (C=O) groups excluding carboxylic acids is 2. The van der Waals surface area contributed by atoms with Crippen molar-refractivity contribution in [3.05, 3.63) is 113 Å². The second-order valence-corrected chi connectivity index (χ2v) is 12.1. The summed E-state index contributed by atoms with van der Waals surface area (Å²) in [6.07, 6.45) is 6.65. The Morgan fingerprint density at radius 3 is 1.98 bits per heavy atom. The number of aldehydes is 2. The van der Waals surface area contributed by atoms with Gasteiger partial charge >= 0.3 is 5.70 Å². The van der Waals surface area contributed by atoms with E-state index in [1.807, 2.05) is 53.4 Å². The van der Waals surface area contributed by atoms with Crippen molar-refractivity contribution in [2.45, 2.75) is 71.4 Å². The highest BCUT2D eigenvalue weighted by Gasteiger charge is 2.48. The molecule has 4 aliphatic rings. The Morgan fingerprint density at radius 1 is 0.854 bits per heavy atom. The highest BCUT2D eigenvalue weighted by molar-refractivity contribution is 6.30. The fourth-order valence-electron chi connectivity index (χ4n) is 5.79. The molecule has 4 aliphatic heterocycles. The molecule has 0 radical (unpaired) electrons. The third-order valence-electron chi connectivity index (χ3n) is 7.97. The number of nitrogens with one attached hydrogen (secondary N) is 1. The Morgan fingerprint density at radius 2 is 1.44 bits per heavy atom. The monoisotopic (exact) mass is 704 g/mol. The van der Waals surface area contributed by atoms with Crippen LogP contribution in [-0.2, 0) is 27.4 Å². The predicted octanol–water partition coefficient (Wildman–Crippen LogP) is 5.82. The molecule has 1 N–H and O–H groups in total. The fourth-order valence-corrected chi connectivity index (χ4v) is 6.04. The Bertz CT molecular complexity index is 1450. The molecular formula is C33H42Cl2N6O7. The molecule has 260 valence electrons. The van der Waals surface area contributed by atoms with Gasteiger partial charge in [0.05, 0.1) is 9.85 Å². The van der Waals surface area contributed by atoms with E-state index >= 15 is 0 Å². The van der Waals surface area contributed by atoms with Gasteiger partial charge < -0.3 is 34.3 Å². The quantitative estimate of drug-likeness (QED) is 0.138. The third kappa shape index (κ3) is 10.7. The van der Waals surface area contributed by atoms with E-state index in [-0.39, 0.29) is 30.4 Å². The van der Waals surface area contributed by atoms with Gasteiger partial charge in [0, 0.05) is 62.2 Å². The molecule has 2 aromatic rings. The lowest BCUT2D eigenvalue weighted by Crippen LogP contribution is -2.48. The van der Waals surface area contributed by atoms with Crippen LogP contribution >= 0.6 is 23.2 Å². The average molecular weight is 706 g/mol. The first-order valence-corrected chi connectivity index (χ1v) is 16.2. The van der Waals surface area contributed by atoms with Crippen molar-refractivity contribution in [2.24, 2.45) is 0 Å². The number of unbranched alkanes of at least 4 members (excludes halogenated alkanes) is 2. The number of rotatable bonds is 10. The summed E-state index contributed by atoms with van der Waals surface area (Å²) in [4.78, 5) is 46.6. The SMILES string of the molecule is C.O=CCCCC=O.O=[N+]([O-])/C=C1\NCCN1Cc1ccc(Cl)cc1.O=[N+]([O-])C1=C2N(Cc3ccc(Cl)cc3)CCN2[C@H]2CCC[C@@H]1O2. The van der Waals surface area contributed by atoms with Crippen molar-refractivity contribution in [2.75, 3.05) is 26.2 Å². The largest absolute Gasteiger partial charge is 0.365 e. The summed E-state index contributed by atoms with van der Waals surface area (Å²) < 4.78 is 5.91. The molecule has 0 spiro atoms. The lowest BCUT2D eigenvalue weighted by atomic mass is 10.0. The molecule has 2 aromatic carbocycles. The first kappa shape index (κ1) is 38.2. The van der Waals surface area contributed by atoms with Gasteiger partial charge in [0.1, 0.15) is 18.8 Å². The molecule has 0 aliphatic carbocycles. The number of hydrogen-bond acceptors (Lipinski definition) is 11. The fraction of sp³-hybridized carbons (Fsp3) is 0.455. The maximum atomic E-state index is 11.6. The van der Waals surface area contributed by atoms with Gasteiger partial charge in [-0.05, 0) is 61.1 Å². The van der Waals surface area contributed by atoms with Crippen LogP contribution < -0.4 is 5.32 Å². The lowest BCUT2D eigenvalue weighted by molar-refractivity contribution is -0.448. The summed E-state index contributed by atoms with van der Waals surface area (Å²) >= 11 is 11.7. The number of benzene rings is 2. The van der Waals surface area contributed by atoms with Gasteiger partial charge in [0.15, 0.2) is 17.7 Å². The van der Waals surface area contributed by atoms with Crippen molar-refractivity contribution >= 4 is 35.8 Å². The van der Waals surface area contributed by atoms with Crippen LogP contribution in [0.4, 0.5) is 0 Å². The summed E-state index contributed by atoms with van der Waals surface area (Å²) in [6, 6.07) is 15.1. The summed E-state index contributed by atoms with van der Waals surface area (Å²) in [5.74, 6) is 1.32. The van der Waals surface area contributed by atoms with Gasteiger partial charge in [-0.1, -0.05) is 54.9 Å². The van der Waals surface area contributed by atoms with Crippen LogP contribution in [0.2, 0.25) is 10.0 Å². The molecular weight excluding hydrogens is 663 g/mol. The molecule has 0 saturated carbocycles. The van der Waals surface area contributed by atoms with Gasteiger partial charge in [-0.2, -0.15) is 0 Å². The normalized spacial score (nSPS) is 20.0. The van der Waals surface area contributed by atoms with E-state index in [2.05, 4.69) is 15.1 Å². The lowest BCUT2D eigenvalue weighted by Gasteiger charge is -2.41. The van der Waals surface area contributed by atoms with E-state index in [4.69, 9.17) is 27.9 Å². The van der Waals surface area contributed by atoms with E-state index in [1.165, 1.54) is 0 Å². The van der Waals surface area contributed by atoms with Crippen LogP contribution in [0.1, 0.15) is 57.1 Å². The zero-order valence-corrected chi connectivity index (χ0v) is 27.4. The molecule has 3 saturated heterocycles. The van der Waals surface area contributed by atoms with Crippen molar-refractivity contribution in [3.8, 4) is 0 Å². The molecule has 4 heterocycles. The zero-order chi connectivity index (χ0) is 33.8. The van der Waals surface area contributed by atoms with E-state index in [0.717, 1.165) is 81.2 Å². The number of fused-ring (bicyclic) bond motifs is 4. The molecule has 0 unspecified atom stereocenters. The van der Waals surface area contributed by atoms with Crippen molar-refractivity contribution < 1.29 is 24.2 Å². The van der Waals surface area contributed by atoms with E-state index < -0.39 is 4.92 Å². The molecule has 6 rings (SSSR count). The van der Waals surface area contributed by atoms with Crippen molar-refractivity contribution in [1.82, 2.24) is 20.0 Å². The predicted molar refractivity (Wildman–Crippen MR) is 183 cm³/mol. The van der Waals surface area contributed by atoms with Gasteiger partial charge in [-0.15, -0.1) is 0 Å². The average Bonchev–Trinajstić information content (AvgIpc) is 3.67. The van der Waals surface area contributed by atoms with Crippen molar-refractivity contribution in [1.29, 1.82) is 0 Å². The smallest absolute Gasteiger partial charge is 0.314 e. The highest BCUT2D eigenvalue weighted by Crippen LogP contribution is 2.39. The van der Waals surface area contributed by atoms with Crippen LogP contribution in [0.5, 0.6) is 0 Å². The molecule has 0 amide bonds. The van der Waals surface area contributed by atoms with Crippen LogP contribution in [-0.4, -0.2) is 75.6 Å². The number of nitrogens with zero attached hydrogens (tertiary/aromatic N) is 5. The minimum absolute atomic E-state index is 0. The first-order chi connectivity index (χ1) is 22.7. The summed E-state index contributed by atoms with van der Waals surface area (Å²) in [5, 5.41) is 26.5. The minimum Gasteiger partial charge on any atom is -0.365 e. The van der Waals surface area contributed by atoms with E-state index in [9.17, 15) is 29.8 Å². The third-order valence-corrected chi connectivity index (χ3v) is 8.48. The Hall–Kier alpha value is -4.20. The number of carbonyl (C=O) groups is 2. The number of halogens is 2. The summed E-state index contributed by atoms with van der Waals surface area (Å²) in [7, 11) is 0. The number of nitro groups is 2. The second kappa shape index (κ2) is 19.0. The summed E-state index contributed by atoms with van der Waals surface area (Å²) in [6.45, 7) is 4.35. The number of hydrogen-bond donors (Lipinski definition) is 1. The molecule has 0 aromatic heterocycles. The van der Waals surface area contributed by atoms with Gasteiger partial charge in [0.25, 0.3) is 6.20 Å². The van der Waals surface area contributed by atoms with E-state index in [1.54, 1.807) is 0 Å². The van der Waals surface area contributed by atoms with E-state index in [0.29, 0.717) is 48.2 Å². The van der Waals surface area contributed by atoms with Crippen LogP contribution in [0.15, 0.2) is 72.1 Å².